The van der Waals surface area contributed by atoms with Crippen LogP contribution in [0.1, 0.15) is 47.4 Å². The van der Waals surface area contributed by atoms with Gasteiger partial charge in [0.25, 0.3) is 0 Å². The highest BCUT2D eigenvalue weighted by Crippen LogP contribution is 2.31. The van der Waals surface area contributed by atoms with Crippen LogP contribution in [0.2, 0.25) is 0 Å². The maximum Gasteiger partial charge on any atom is 0.306 e. The van der Waals surface area contributed by atoms with E-state index in [-0.39, 0.29) is 5.92 Å². The molecule has 3 rings (SSSR count). The van der Waals surface area contributed by atoms with Crippen molar-refractivity contribution in [3.63, 3.8) is 0 Å². The standard InChI is InChI=1S/C15H21NO2S/c17-15(18)11-4-1-5-12(7-11)16-9-13-8-10-3-2-6-14(10)19-13/h8,11-12,16H,1-7,9H2,(H,17,18). The topological polar surface area (TPSA) is 49.3 Å². The summed E-state index contributed by atoms with van der Waals surface area (Å²) in [5.74, 6) is -0.763. The van der Waals surface area contributed by atoms with Crippen molar-refractivity contribution in [3.05, 3.63) is 21.4 Å². The molecule has 104 valence electrons. The highest BCUT2D eigenvalue weighted by atomic mass is 32.1. The summed E-state index contributed by atoms with van der Waals surface area (Å²) in [4.78, 5) is 14.0. The third-order valence-electron chi connectivity index (χ3n) is 4.39. The molecule has 0 amide bonds. The van der Waals surface area contributed by atoms with Crippen molar-refractivity contribution in [2.45, 2.75) is 57.5 Å². The summed E-state index contributed by atoms with van der Waals surface area (Å²) in [7, 11) is 0. The average molecular weight is 279 g/mol. The molecule has 2 unspecified atom stereocenters. The second-order valence-electron chi connectivity index (χ2n) is 5.79. The van der Waals surface area contributed by atoms with Crippen LogP contribution in [-0.4, -0.2) is 17.1 Å². The molecule has 1 heterocycles. The molecule has 1 aromatic rings. The van der Waals surface area contributed by atoms with Crippen molar-refractivity contribution in [2.24, 2.45) is 5.92 Å². The first-order chi connectivity index (χ1) is 9.22. The third-order valence-corrected chi connectivity index (χ3v) is 5.62. The average Bonchev–Trinajstić information content (AvgIpc) is 2.97. The number of rotatable bonds is 4. The lowest BCUT2D eigenvalue weighted by atomic mass is 9.86. The summed E-state index contributed by atoms with van der Waals surface area (Å²) in [6.45, 7) is 0.911. The predicted molar refractivity (Wildman–Crippen MR) is 76.6 cm³/mol. The van der Waals surface area contributed by atoms with E-state index >= 15 is 0 Å². The van der Waals surface area contributed by atoms with E-state index in [1.54, 1.807) is 10.4 Å². The van der Waals surface area contributed by atoms with E-state index in [0.29, 0.717) is 6.04 Å². The number of thiophene rings is 1. The van der Waals surface area contributed by atoms with Crippen LogP contribution in [0, 0.1) is 5.92 Å². The van der Waals surface area contributed by atoms with Gasteiger partial charge in [-0.3, -0.25) is 4.79 Å². The zero-order valence-electron chi connectivity index (χ0n) is 11.2. The lowest BCUT2D eigenvalue weighted by Gasteiger charge is -2.27. The number of aryl methyl sites for hydroxylation is 2. The monoisotopic (exact) mass is 279 g/mol. The van der Waals surface area contributed by atoms with Crippen molar-refractivity contribution in [1.29, 1.82) is 0 Å². The maximum absolute atomic E-state index is 11.0. The molecular formula is C15H21NO2S. The Hall–Kier alpha value is -0.870. The first kappa shape index (κ1) is 13.1. The molecule has 0 spiro atoms. The van der Waals surface area contributed by atoms with Crippen LogP contribution in [0.25, 0.3) is 0 Å². The molecule has 0 saturated heterocycles. The van der Waals surface area contributed by atoms with Gasteiger partial charge in [-0.05, 0) is 50.2 Å². The van der Waals surface area contributed by atoms with E-state index in [1.807, 2.05) is 11.3 Å². The summed E-state index contributed by atoms with van der Waals surface area (Å²) in [6, 6.07) is 2.73. The van der Waals surface area contributed by atoms with Crippen molar-refractivity contribution in [2.75, 3.05) is 0 Å². The lowest BCUT2D eigenvalue weighted by molar-refractivity contribution is -0.143. The van der Waals surface area contributed by atoms with Gasteiger partial charge in [-0.25, -0.2) is 0 Å². The number of carboxylic acids is 1. The predicted octanol–water partition coefficient (Wildman–Crippen LogP) is 2.97. The Morgan fingerprint density at radius 3 is 3.05 bits per heavy atom. The van der Waals surface area contributed by atoms with Crippen LogP contribution in [0.3, 0.4) is 0 Å². The minimum Gasteiger partial charge on any atom is -0.481 e. The zero-order valence-corrected chi connectivity index (χ0v) is 12.0. The van der Waals surface area contributed by atoms with Crippen LogP contribution in [0.15, 0.2) is 6.07 Å². The zero-order chi connectivity index (χ0) is 13.2. The van der Waals surface area contributed by atoms with E-state index in [2.05, 4.69) is 11.4 Å². The van der Waals surface area contributed by atoms with Gasteiger partial charge < -0.3 is 10.4 Å². The summed E-state index contributed by atoms with van der Waals surface area (Å²) in [6.07, 6.45) is 7.62. The number of nitrogens with one attached hydrogen (secondary N) is 1. The number of fused-ring (bicyclic) bond motifs is 1. The molecule has 0 radical (unpaired) electrons. The molecule has 3 nitrogen and oxygen atoms in total. The SMILES string of the molecule is O=C(O)C1CCCC(NCc2cc3c(s2)CCC3)C1. The molecule has 4 heteroatoms. The molecule has 0 aromatic carbocycles. The fraction of sp³-hybridized carbons (Fsp3) is 0.667. The number of aliphatic carboxylic acids is 1. The highest BCUT2D eigenvalue weighted by molar-refractivity contribution is 7.12. The van der Waals surface area contributed by atoms with Gasteiger partial charge in [0.1, 0.15) is 0 Å². The maximum atomic E-state index is 11.0. The second kappa shape index (κ2) is 5.63. The minimum absolute atomic E-state index is 0.139. The Bertz CT molecular complexity index is 447. The van der Waals surface area contributed by atoms with Crippen LogP contribution in [0.5, 0.6) is 0 Å². The molecule has 2 aliphatic carbocycles. The Morgan fingerprint density at radius 1 is 1.37 bits per heavy atom. The van der Waals surface area contributed by atoms with Gasteiger partial charge in [-0.15, -0.1) is 11.3 Å². The van der Waals surface area contributed by atoms with Gasteiger partial charge in [-0.1, -0.05) is 6.42 Å². The van der Waals surface area contributed by atoms with E-state index < -0.39 is 5.97 Å². The third kappa shape index (κ3) is 3.00. The van der Waals surface area contributed by atoms with Gasteiger partial charge in [0.15, 0.2) is 0 Å². The Labute approximate surface area is 118 Å². The number of carbonyl (C=O) groups is 1. The Kier molecular flexibility index (Phi) is 3.89. The Morgan fingerprint density at radius 2 is 2.26 bits per heavy atom. The quantitative estimate of drug-likeness (QED) is 0.891. The van der Waals surface area contributed by atoms with Crippen molar-refractivity contribution >= 4 is 17.3 Å². The fourth-order valence-electron chi connectivity index (χ4n) is 3.32. The first-order valence-electron chi connectivity index (χ1n) is 7.29. The summed E-state index contributed by atoms with van der Waals surface area (Å²) < 4.78 is 0. The number of carboxylic acid groups (broad SMARTS) is 1. The van der Waals surface area contributed by atoms with Gasteiger partial charge >= 0.3 is 5.97 Å². The highest BCUT2D eigenvalue weighted by Gasteiger charge is 2.26. The van der Waals surface area contributed by atoms with Crippen molar-refractivity contribution < 1.29 is 9.90 Å². The second-order valence-corrected chi connectivity index (χ2v) is 7.02. The van der Waals surface area contributed by atoms with Gasteiger partial charge in [0.2, 0.25) is 0 Å². The van der Waals surface area contributed by atoms with Crippen LogP contribution < -0.4 is 5.32 Å². The number of hydrogen-bond acceptors (Lipinski definition) is 3. The smallest absolute Gasteiger partial charge is 0.306 e. The lowest BCUT2D eigenvalue weighted by Crippen LogP contribution is -2.35. The van der Waals surface area contributed by atoms with Gasteiger partial charge in [0, 0.05) is 22.3 Å². The van der Waals surface area contributed by atoms with Crippen molar-refractivity contribution in [1.82, 2.24) is 5.32 Å². The van der Waals surface area contributed by atoms with E-state index in [9.17, 15) is 4.79 Å². The summed E-state index contributed by atoms with van der Waals surface area (Å²) in [5.41, 5.74) is 1.55. The normalized spacial score (nSPS) is 26.3. The van der Waals surface area contributed by atoms with Crippen LogP contribution >= 0.6 is 11.3 Å². The molecule has 1 fully saturated rings. The van der Waals surface area contributed by atoms with E-state index in [1.165, 1.54) is 24.1 Å². The molecule has 0 aliphatic heterocycles. The Balaban J connectivity index is 1.52. The molecule has 2 atom stereocenters. The van der Waals surface area contributed by atoms with Crippen LogP contribution in [-0.2, 0) is 24.2 Å². The van der Waals surface area contributed by atoms with Gasteiger partial charge in [-0.2, -0.15) is 0 Å². The molecular weight excluding hydrogens is 258 g/mol. The summed E-state index contributed by atoms with van der Waals surface area (Å²) >= 11 is 1.94. The fourth-order valence-corrected chi connectivity index (χ4v) is 4.53. The molecule has 0 bridgehead atoms. The molecule has 19 heavy (non-hydrogen) atoms. The largest absolute Gasteiger partial charge is 0.481 e. The summed E-state index contributed by atoms with van der Waals surface area (Å²) in [5, 5.41) is 12.7. The molecule has 1 saturated carbocycles. The van der Waals surface area contributed by atoms with Crippen molar-refractivity contribution in [3.8, 4) is 0 Å². The molecule has 2 N–H and O–H groups in total. The van der Waals surface area contributed by atoms with E-state index in [0.717, 1.165) is 32.2 Å². The number of hydrogen-bond donors (Lipinski definition) is 2. The molecule has 2 aliphatic rings. The minimum atomic E-state index is -0.624. The van der Waals surface area contributed by atoms with E-state index in [4.69, 9.17) is 5.11 Å². The first-order valence-corrected chi connectivity index (χ1v) is 8.10. The van der Waals surface area contributed by atoms with Crippen LogP contribution in [0.4, 0.5) is 0 Å². The van der Waals surface area contributed by atoms with Gasteiger partial charge in [0.05, 0.1) is 5.92 Å². The molecule has 1 aromatic heterocycles.